The summed E-state index contributed by atoms with van der Waals surface area (Å²) in [5, 5.41) is 31.1. The molecular weight excluding hydrogens is 438 g/mol. The minimum Gasteiger partial charge on any atom is -0.508 e. The molecule has 4 aromatic rings. The molecule has 0 fully saturated rings. The van der Waals surface area contributed by atoms with Gasteiger partial charge in [-0.05, 0) is 99.7 Å². The van der Waals surface area contributed by atoms with E-state index in [4.69, 9.17) is 4.74 Å². The first-order valence-corrected chi connectivity index (χ1v) is 11.5. The molecular formula is C30H31NO4. The number of nitrogens with zero attached hydrogens (tertiary/aromatic N) is 1. The van der Waals surface area contributed by atoms with E-state index in [2.05, 4.69) is 0 Å². The van der Waals surface area contributed by atoms with Crippen LogP contribution in [-0.2, 0) is 0 Å². The van der Waals surface area contributed by atoms with Crippen molar-refractivity contribution >= 4 is 17.1 Å². The molecule has 0 amide bonds. The van der Waals surface area contributed by atoms with Crippen LogP contribution in [0.3, 0.4) is 0 Å². The van der Waals surface area contributed by atoms with Crippen LogP contribution in [0.1, 0.15) is 33.4 Å². The lowest BCUT2D eigenvalue weighted by Gasteiger charge is -2.29. The highest BCUT2D eigenvalue weighted by Gasteiger charge is 2.20. The second-order valence-electron chi connectivity index (χ2n) is 9.14. The van der Waals surface area contributed by atoms with E-state index in [0.29, 0.717) is 17.1 Å². The van der Waals surface area contributed by atoms with Gasteiger partial charge in [-0.2, -0.15) is 0 Å². The number of aryl methyl sites for hydroxylation is 5. The monoisotopic (exact) mass is 469 g/mol. The van der Waals surface area contributed by atoms with Gasteiger partial charge in [0.15, 0.2) is 0 Å². The molecule has 0 saturated carbocycles. The molecule has 0 unspecified atom stereocenters. The quantitative estimate of drug-likeness (QED) is 0.277. The first-order valence-electron chi connectivity index (χ1n) is 11.5. The SMILES string of the molecule is Cc1cc(C)c(N(c2ccc(Oc3c(C)ccc(O)c3C)cc2)c2cc(O)c(C)cc2C)cc1O. The Morgan fingerprint density at radius 1 is 0.543 bits per heavy atom. The predicted molar refractivity (Wildman–Crippen MR) is 141 cm³/mol. The Balaban J connectivity index is 1.82. The number of anilines is 3. The Bertz CT molecular complexity index is 1350. The van der Waals surface area contributed by atoms with Gasteiger partial charge in [0.05, 0.1) is 11.4 Å². The summed E-state index contributed by atoms with van der Waals surface area (Å²) in [6.07, 6.45) is 0. The Kier molecular flexibility index (Phi) is 6.35. The van der Waals surface area contributed by atoms with E-state index in [1.54, 1.807) is 18.2 Å². The van der Waals surface area contributed by atoms with Crippen molar-refractivity contribution in [2.75, 3.05) is 4.90 Å². The highest BCUT2D eigenvalue weighted by atomic mass is 16.5. The van der Waals surface area contributed by atoms with Crippen LogP contribution in [0.2, 0.25) is 0 Å². The van der Waals surface area contributed by atoms with Crippen LogP contribution in [0, 0.1) is 41.5 Å². The first-order chi connectivity index (χ1) is 16.6. The fraction of sp³-hybridized carbons (Fsp3) is 0.200. The summed E-state index contributed by atoms with van der Waals surface area (Å²) in [5.74, 6) is 1.88. The van der Waals surface area contributed by atoms with Crippen molar-refractivity contribution in [3.8, 4) is 28.7 Å². The standard InChI is InChI=1S/C30H31NO4/c1-17-7-12-27(32)22(6)30(17)35-24-10-8-23(9-11-24)31(25-15-28(33)20(4)13-18(25)2)26-16-29(34)21(5)14-19(26)3/h7-16,32-34H,1-6H3. The molecule has 0 radical (unpaired) electrons. The van der Waals surface area contributed by atoms with Crippen LogP contribution >= 0.6 is 0 Å². The Labute approximate surface area is 206 Å². The van der Waals surface area contributed by atoms with E-state index in [-0.39, 0.29) is 17.2 Å². The molecule has 5 nitrogen and oxygen atoms in total. The van der Waals surface area contributed by atoms with E-state index in [1.165, 1.54) is 0 Å². The van der Waals surface area contributed by atoms with E-state index in [0.717, 1.165) is 44.9 Å². The molecule has 0 aliphatic rings. The van der Waals surface area contributed by atoms with Gasteiger partial charge in [-0.15, -0.1) is 0 Å². The number of aromatic hydroxyl groups is 3. The Hall–Kier alpha value is -4.12. The van der Waals surface area contributed by atoms with Gasteiger partial charge in [0, 0.05) is 23.4 Å². The van der Waals surface area contributed by atoms with Crippen molar-refractivity contribution in [1.29, 1.82) is 0 Å². The molecule has 3 N–H and O–H groups in total. The Morgan fingerprint density at radius 3 is 1.57 bits per heavy atom. The molecule has 0 saturated heterocycles. The zero-order valence-corrected chi connectivity index (χ0v) is 21.0. The third-order valence-electron chi connectivity index (χ3n) is 6.40. The number of phenolic OH excluding ortho intramolecular Hbond substituents is 3. The fourth-order valence-electron chi connectivity index (χ4n) is 4.30. The fourth-order valence-corrected chi connectivity index (χ4v) is 4.30. The normalized spacial score (nSPS) is 10.9. The highest BCUT2D eigenvalue weighted by molar-refractivity contribution is 5.82. The first kappa shape index (κ1) is 24.0. The summed E-state index contributed by atoms with van der Waals surface area (Å²) < 4.78 is 6.13. The van der Waals surface area contributed by atoms with Crippen molar-refractivity contribution in [2.45, 2.75) is 41.5 Å². The van der Waals surface area contributed by atoms with Crippen molar-refractivity contribution < 1.29 is 20.1 Å². The third kappa shape index (κ3) is 4.62. The van der Waals surface area contributed by atoms with E-state index in [9.17, 15) is 15.3 Å². The maximum absolute atomic E-state index is 10.5. The van der Waals surface area contributed by atoms with Crippen LogP contribution < -0.4 is 9.64 Å². The molecule has 0 atom stereocenters. The predicted octanol–water partition coefficient (Wildman–Crippen LogP) is 7.92. The van der Waals surface area contributed by atoms with Crippen molar-refractivity contribution in [2.24, 2.45) is 0 Å². The minimum atomic E-state index is 0.192. The number of hydrogen-bond acceptors (Lipinski definition) is 5. The van der Waals surface area contributed by atoms with Gasteiger partial charge in [-0.25, -0.2) is 0 Å². The lowest BCUT2D eigenvalue weighted by atomic mass is 10.0. The topological polar surface area (TPSA) is 73.2 Å². The molecule has 4 aromatic carbocycles. The number of benzene rings is 4. The zero-order valence-electron chi connectivity index (χ0n) is 21.0. The lowest BCUT2D eigenvalue weighted by Crippen LogP contribution is -2.13. The van der Waals surface area contributed by atoms with Gasteiger partial charge in [-0.3, -0.25) is 0 Å². The third-order valence-corrected chi connectivity index (χ3v) is 6.40. The van der Waals surface area contributed by atoms with Crippen LogP contribution in [0.15, 0.2) is 60.7 Å². The summed E-state index contributed by atoms with van der Waals surface area (Å²) in [4.78, 5) is 2.03. The molecule has 0 heterocycles. The van der Waals surface area contributed by atoms with E-state index >= 15 is 0 Å². The number of rotatable bonds is 5. The van der Waals surface area contributed by atoms with Crippen molar-refractivity contribution in [3.63, 3.8) is 0 Å². The molecule has 0 aliphatic heterocycles. The number of hydrogen-bond donors (Lipinski definition) is 3. The average Bonchev–Trinajstić information content (AvgIpc) is 2.81. The van der Waals surface area contributed by atoms with Crippen molar-refractivity contribution in [1.82, 2.24) is 0 Å². The summed E-state index contributed by atoms with van der Waals surface area (Å²) in [5.41, 5.74) is 7.68. The average molecular weight is 470 g/mol. The van der Waals surface area contributed by atoms with Crippen LogP contribution in [0.4, 0.5) is 17.1 Å². The highest BCUT2D eigenvalue weighted by Crippen LogP contribution is 2.43. The van der Waals surface area contributed by atoms with E-state index < -0.39 is 0 Å². The number of phenols is 3. The molecule has 0 bridgehead atoms. The van der Waals surface area contributed by atoms with Gasteiger partial charge in [0.1, 0.15) is 28.7 Å². The summed E-state index contributed by atoms with van der Waals surface area (Å²) in [7, 11) is 0. The lowest BCUT2D eigenvalue weighted by molar-refractivity contribution is 0.446. The molecule has 5 heteroatoms. The second-order valence-corrected chi connectivity index (χ2v) is 9.14. The van der Waals surface area contributed by atoms with Crippen LogP contribution in [-0.4, -0.2) is 15.3 Å². The van der Waals surface area contributed by atoms with Crippen LogP contribution in [0.5, 0.6) is 28.7 Å². The van der Waals surface area contributed by atoms with Gasteiger partial charge in [0.2, 0.25) is 0 Å². The molecule has 180 valence electrons. The summed E-state index contributed by atoms with van der Waals surface area (Å²) >= 11 is 0. The molecule has 0 aromatic heterocycles. The maximum Gasteiger partial charge on any atom is 0.136 e. The summed E-state index contributed by atoms with van der Waals surface area (Å²) in [6.45, 7) is 11.5. The second kappa shape index (κ2) is 9.26. The van der Waals surface area contributed by atoms with E-state index in [1.807, 2.05) is 88.9 Å². The number of ether oxygens (including phenoxy) is 1. The minimum absolute atomic E-state index is 0.192. The summed E-state index contributed by atoms with van der Waals surface area (Å²) in [6, 6.07) is 18.5. The molecule has 0 spiro atoms. The Morgan fingerprint density at radius 2 is 1.06 bits per heavy atom. The molecule has 35 heavy (non-hydrogen) atoms. The molecule has 0 aliphatic carbocycles. The molecule has 4 rings (SSSR count). The largest absolute Gasteiger partial charge is 0.508 e. The zero-order chi connectivity index (χ0) is 25.4. The van der Waals surface area contributed by atoms with Gasteiger partial charge < -0.3 is 25.0 Å². The smallest absolute Gasteiger partial charge is 0.136 e. The van der Waals surface area contributed by atoms with Gasteiger partial charge in [-0.1, -0.05) is 18.2 Å². The maximum atomic E-state index is 10.5. The van der Waals surface area contributed by atoms with Crippen molar-refractivity contribution in [3.05, 3.63) is 94.0 Å². The van der Waals surface area contributed by atoms with Gasteiger partial charge in [0.25, 0.3) is 0 Å². The van der Waals surface area contributed by atoms with Gasteiger partial charge >= 0.3 is 0 Å². The van der Waals surface area contributed by atoms with Crippen LogP contribution in [0.25, 0.3) is 0 Å².